The van der Waals surface area contributed by atoms with E-state index in [9.17, 15) is 9.59 Å². The number of carbonyl (C=O) groups excluding carboxylic acids is 1. The van der Waals surface area contributed by atoms with E-state index >= 15 is 0 Å². The molecule has 0 amide bonds. The van der Waals surface area contributed by atoms with E-state index in [-0.39, 0.29) is 5.78 Å². The smallest absolute Gasteiger partial charge is 0.345 e. The normalized spacial score (nSPS) is 8.71. The van der Waals surface area contributed by atoms with Gasteiger partial charge in [-0.1, -0.05) is 67.2 Å². The lowest BCUT2D eigenvalue weighted by atomic mass is 10.0. The Kier molecular flexibility index (Phi) is 6.10. The fourth-order valence-electron chi connectivity index (χ4n) is 1.39. The van der Waals surface area contributed by atoms with Crippen molar-refractivity contribution in [3.63, 3.8) is 0 Å². The zero-order valence-corrected chi connectivity index (χ0v) is 11.2. The maximum atomic E-state index is 11.8. The van der Waals surface area contributed by atoms with Crippen molar-refractivity contribution in [3.05, 3.63) is 83.9 Å². The maximum absolute atomic E-state index is 11.8. The Bertz CT molecular complexity index is 629. The van der Waals surface area contributed by atoms with Crippen LogP contribution in [0.4, 0.5) is 0 Å². The molecule has 0 aliphatic heterocycles. The molecule has 0 saturated heterocycles. The van der Waals surface area contributed by atoms with E-state index in [1.54, 1.807) is 0 Å². The van der Waals surface area contributed by atoms with Crippen molar-refractivity contribution in [2.45, 2.75) is 0 Å². The number of rotatable bonds is 3. The van der Waals surface area contributed by atoms with Gasteiger partial charge in [0.25, 0.3) is 0 Å². The molecule has 4 nitrogen and oxygen atoms in total. The summed E-state index contributed by atoms with van der Waals surface area (Å²) in [5.41, 5.74) is 1.04. The van der Waals surface area contributed by atoms with E-state index in [1.165, 1.54) is 6.07 Å². The fourth-order valence-corrected chi connectivity index (χ4v) is 1.39. The van der Waals surface area contributed by atoms with Gasteiger partial charge in [0, 0.05) is 11.1 Å². The van der Waals surface area contributed by atoms with Crippen molar-refractivity contribution < 1.29 is 14.7 Å². The van der Waals surface area contributed by atoms with Crippen LogP contribution in [0.1, 0.15) is 15.9 Å². The first-order valence-electron chi connectivity index (χ1n) is 6.03. The van der Waals surface area contributed by atoms with Gasteiger partial charge in [-0.25, -0.2) is 4.79 Å². The highest BCUT2D eigenvalue weighted by Gasteiger charge is 2.06. The molecule has 0 aliphatic rings. The van der Waals surface area contributed by atoms with Crippen LogP contribution < -0.4 is 0 Å². The summed E-state index contributed by atoms with van der Waals surface area (Å²) in [4.78, 5) is 21.5. The predicted molar refractivity (Wildman–Crippen MR) is 78.7 cm³/mol. The molecule has 0 aromatic heterocycles. The number of hydrogen-bond acceptors (Lipinski definition) is 3. The second-order valence-electron chi connectivity index (χ2n) is 3.96. The minimum absolute atomic E-state index is 0.0752. The van der Waals surface area contributed by atoms with E-state index in [0.29, 0.717) is 0 Å². The van der Waals surface area contributed by atoms with E-state index in [0.717, 1.165) is 11.1 Å². The molecule has 0 atom stereocenters. The number of nitrogens with zero attached hydrogens (tertiary/aromatic N) is 1. The summed E-state index contributed by atoms with van der Waals surface area (Å²) in [7, 11) is 0. The molecule has 0 radical (unpaired) electrons. The highest BCUT2D eigenvalue weighted by Crippen LogP contribution is 2.08. The molecule has 104 valence electrons. The number of nitriles is 1. The van der Waals surface area contributed by atoms with Crippen molar-refractivity contribution in [1.82, 2.24) is 0 Å². The lowest BCUT2D eigenvalue weighted by Crippen LogP contribution is -1.99. The Morgan fingerprint density at radius 3 is 1.52 bits per heavy atom. The number of ketones is 1. The van der Waals surface area contributed by atoms with Gasteiger partial charge in [-0.15, -0.1) is 0 Å². The summed E-state index contributed by atoms with van der Waals surface area (Å²) in [5.74, 6) is -1.19. The molecule has 0 bridgehead atoms. The zero-order valence-electron chi connectivity index (χ0n) is 11.2. The van der Waals surface area contributed by atoms with Gasteiger partial charge in [-0.3, -0.25) is 4.79 Å². The summed E-state index contributed by atoms with van der Waals surface area (Å²) in [5, 5.41) is 15.6. The van der Waals surface area contributed by atoms with Crippen LogP contribution in [0.5, 0.6) is 0 Å². The molecule has 2 aromatic carbocycles. The Morgan fingerprint density at radius 2 is 1.29 bits per heavy atom. The van der Waals surface area contributed by atoms with Crippen molar-refractivity contribution in [2.75, 3.05) is 0 Å². The third-order valence-electron chi connectivity index (χ3n) is 2.47. The molecule has 0 aliphatic carbocycles. The van der Waals surface area contributed by atoms with Gasteiger partial charge in [0.1, 0.15) is 11.6 Å². The van der Waals surface area contributed by atoms with Crippen LogP contribution in [0, 0.1) is 11.3 Å². The van der Waals surface area contributed by atoms with Gasteiger partial charge < -0.3 is 5.11 Å². The fraction of sp³-hybridized carbons (Fsp3) is 0. The van der Waals surface area contributed by atoms with Gasteiger partial charge in [0.15, 0.2) is 5.78 Å². The quantitative estimate of drug-likeness (QED) is 0.532. The van der Waals surface area contributed by atoms with Crippen LogP contribution in [0.2, 0.25) is 0 Å². The molecule has 21 heavy (non-hydrogen) atoms. The lowest BCUT2D eigenvalue weighted by molar-refractivity contribution is -0.132. The Morgan fingerprint density at radius 1 is 0.905 bits per heavy atom. The molecule has 0 unspecified atom stereocenters. The third kappa shape index (κ3) is 5.13. The molecule has 4 heteroatoms. The van der Waals surface area contributed by atoms with Crippen molar-refractivity contribution in [1.29, 1.82) is 5.26 Å². The minimum atomic E-state index is -1.26. The Labute approximate surface area is 122 Å². The Balaban J connectivity index is 0.000000270. The first kappa shape index (κ1) is 15.9. The van der Waals surface area contributed by atoms with Crippen LogP contribution in [0.3, 0.4) is 0 Å². The zero-order chi connectivity index (χ0) is 15.7. The monoisotopic (exact) mass is 279 g/mol. The average Bonchev–Trinajstić information content (AvgIpc) is 2.55. The number of carbonyl (C=O) groups is 2. The van der Waals surface area contributed by atoms with Gasteiger partial charge >= 0.3 is 5.97 Å². The average molecular weight is 279 g/mol. The van der Waals surface area contributed by atoms with Crippen molar-refractivity contribution >= 4 is 11.8 Å². The molecule has 2 rings (SSSR count). The summed E-state index contributed by atoms with van der Waals surface area (Å²) < 4.78 is 0. The van der Waals surface area contributed by atoms with Crippen LogP contribution in [0.25, 0.3) is 0 Å². The predicted octanol–water partition coefficient (Wildman–Crippen LogP) is 3.07. The maximum Gasteiger partial charge on any atom is 0.345 e. The van der Waals surface area contributed by atoms with Crippen molar-refractivity contribution in [3.8, 4) is 6.07 Å². The Hall–Kier alpha value is -3.19. The van der Waals surface area contributed by atoms with Crippen molar-refractivity contribution in [2.24, 2.45) is 0 Å². The molecule has 1 N–H and O–H groups in total. The molecule has 0 fully saturated rings. The second-order valence-corrected chi connectivity index (χ2v) is 3.96. The van der Waals surface area contributed by atoms with Crippen LogP contribution in [0.15, 0.2) is 72.8 Å². The minimum Gasteiger partial charge on any atom is -0.477 e. The topological polar surface area (TPSA) is 78.2 Å². The van der Waals surface area contributed by atoms with E-state index in [4.69, 9.17) is 10.4 Å². The number of benzene rings is 2. The number of carboxylic acids is 1. The van der Waals surface area contributed by atoms with Gasteiger partial charge in [-0.05, 0) is 0 Å². The largest absolute Gasteiger partial charge is 0.477 e. The number of aliphatic carboxylic acids is 1. The SMILES string of the molecule is C=C(C#N)C(=O)O.O=C(c1ccccc1)c1ccccc1. The highest BCUT2D eigenvalue weighted by atomic mass is 16.4. The summed E-state index contributed by atoms with van der Waals surface area (Å²) in [6.07, 6.45) is 0. The molecule has 2 aromatic rings. The van der Waals surface area contributed by atoms with Gasteiger partial charge in [0.05, 0.1) is 0 Å². The van der Waals surface area contributed by atoms with Crippen LogP contribution in [-0.4, -0.2) is 16.9 Å². The number of carboxylic acid groups (broad SMARTS) is 1. The standard InChI is InChI=1S/C13H10O.C4H3NO2/c14-13(11-7-3-1-4-8-11)12-9-5-2-6-10-12;1-3(2-5)4(6)7/h1-10H;1H2,(H,6,7). The second kappa shape index (κ2) is 8.08. The van der Waals surface area contributed by atoms with E-state index in [1.807, 2.05) is 60.7 Å². The molecule has 0 heterocycles. The number of hydrogen-bond donors (Lipinski definition) is 1. The lowest BCUT2D eigenvalue weighted by Gasteiger charge is -1.99. The molecular weight excluding hydrogens is 266 g/mol. The first-order valence-corrected chi connectivity index (χ1v) is 6.03. The van der Waals surface area contributed by atoms with Crippen LogP contribution >= 0.6 is 0 Å². The van der Waals surface area contributed by atoms with Gasteiger partial charge in [-0.2, -0.15) is 5.26 Å². The van der Waals surface area contributed by atoms with E-state index < -0.39 is 11.5 Å². The summed E-state index contributed by atoms with van der Waals surface area (Å²) >= 11 is 0. The summed E-state index contributed by atoms with van der Waals surface area (Å²) in [6.45, 7) is 2.91. The highest BCUT2D eigenvalue weighted by molar-refractivity contribution is 6.08. The van der Waals surface area contributed by atoms with Gasteiger partial charge in [0.2, 0.25) is 0 Å². The third-order valence-corrected chi connectivity index (χ3v) is 2.47. The first-order chi connectivity index (χ1) is 10.1. The molecule has 0 saturated carbocycles. The van der Waals surface area contributed by atoms with Crippen LogP contribution in [-0.2, 0) is 4.79 Å². The molecule has 0 spiro atoms. The van der Waals surface area contributed by atoms with E-state index in [2.05, 4.69) is 6.58 Å². The molecular formula is C17H13NO3. The summed E-state index contributed by atoms with van der Waals surface area (Å²) in [6, 6.07) is 20.0.